The Morgan fingerprint density at radius 3 is 1.47 bits per heavy atom. The van der Waals surface area contributed by atoms with E-state index in [0.29, 0.717) is 0 Å². The molecule has 0 bridgehead atoms. The Kier molecular flexibility index (Phi) is 9.32. The zero-order valence-electron chi connectivity index (χ0n) is 30.7. The minimum Gasteiger partial charge on any atom is -0.455 e. The van der Waals surface area contributed by atoms with Gasteiger partial charge in [-0.1, -0.05) is 176 Å². The lowest BCUT2D eigenvalue weighted by molar-refractivity contribution is 0.670. The molecule has 9 aromatic carbocycles. The zero-order chi connectivity index (χ0) is 36.3. The zero-order valence-corrected chi connectivity index (χ0v) is 30.7. The average molecular weight is 683 g/mol. The van der Waals surface area contributed by atoms with Crippen molar-refractivity contribution in [3.63, 3.8) is 0 Å². The number of allylic oxidation sites excluding steroid dienone is 4. The van der Waals surface area contributed by atoms with Crippen LogP contribution in [0.15, 0.2) is 186 Å². The Balaban J connectivity index is 0.000000458. The maximum Gasteiger partial charge on any atom is 0.143 e. The Morgan fingerprint density at radius 2 is 0.792 bits per heavy atom. The number of fused-ring (bicyclic) bond motifs is 4. The molecule has 10 rings (SSSR count). The highest BCUT2D eigenvalue weighted by Gasteiger charge is 2.17. The summed E-state index contributed by atoms with van der Waals surface area (Å²) in [7, 11) is 0. The normalized spacial score (nSPS) is 11.6. The first-order valence-electron chi connectivity index (χ1n) is 18.5. The standard InChI is InChI=1S/C44H26O.2C4H8/c1-2-9-32-27(7-1)8-5-12-35(32)36-24-20-31-21-25-38-33(23-19-30-22-26-39(36)43(31)42(30)38)28-15-17-29(18-16-28)34-11-6-13-40-37-10-3-4-14-41(37)45-44(34)40;2*1-3-4-2/h1-26H;2*3-4H,1-2H3/b;2*4-3-. The van der Waals surface area contributed by atoms with Crippen molar-refractivity contribution in [3.8, 4) is 33.4 Å². The van der Waals surface area contributed by atoms with Crippen molar-refractivity contribution in [2.24, 2.45) is 0 Å². The second kappa shape index (κ2) is 14.7. The van der Waals surface area contributed by atoms with Crippen molar-refractivity contribution in [3.05, 3.63) is 182 Å². The van der Waals surface area contributed by atoms with Gasteiger partial charge in [-0.05, 0) is 105 Å². The van der Waals surface area contributed by atoms with Crippen LogP contribution in [0.1, 0.15) is 27.7 Å². The van der Waals surface area contributed by atoms with Crippen LogP contribution in [0, 0.1) is 0 Å². The minimum absolute atomic E-state index is 0.925. The monoisotopic (exact) mass is 682 g/mol. The molecule has 0 spiro atoms. The van der Waals surface area contributed by atoms with Crippen LogP contribution in [-0.2, 0) is 0 Å². The fourth-order valence-electron chi connectivity index (χ4n) is 7.55. The highest BCUT2D eigenvalue weighted by Crippen LogP contribution is 2.44. The van der Waals surface area contributed by atoms with Crippen molar-refractivity contribution < 1.29 is 4.42 Å². The van der Waals surface area contributed by atoms with E-state index in [1.165, 1.54) is 65.3 Å². The molecule has 0 saturated carbocycles. The second-order valence-corrected chi connectivity index (χ2v) is 13.4. The molecule has 0 atom stereocenters. The maximum absolute atomic E-state index is 6.34. The lowest BCUT2D eigenvalue weighted by atomic mass is 9.86. The van der Waals surface area contributed by atoms with Crippen LogP contribution < -0.4 is 0 Å². The van der Waals surface area contributed by atoms with E-state index >= 15 is 0 Å². The van der Waals surface area contributed by atoms with Gasteiger partial charge in [-0.15, -0.1) is 0 Å². The van der Waals surface area contributed by atoms with Crippen LogP contribution in [0.3, 0.4) is 0 Å². The van der Waals surface area contributed by atoms with Crippen LogP contribution in [0.25, 0.3) is 98.4 Å². The van der Waals surface area contributed by atoms with Crippen molar-refractivity contribution in [2.75, 3.05) is 0 Å². The largest absolute Gasteiger partial charge is 0.455 e. The molecule has 0 saturated heterocycles. The fourth-order valence-corrected chi connectivity index (χ4v) is 7.55. The van der Waals surface area contributed by atoms with Gasteiger partial charge in [0.2, 0.25) is 0 Å². The van der Waals surface area contributed by atoms with E-state index < -0.39 is 0 Å². The lowest BCUT2D eigenvalue weighted by Gasteiger charge is -2.17. The molecule has 0 aliphatic carbocycles. The summed E-state index contributed by atoms with van der Waals surface area (Å²) in [5.41, 5.74) is 9.16. The summed E-state index contributed by atoms with van der Waals surface area (Å²) in [5, 5.41) is 12.7. The van der Waals surface area contributed by atoms with E-state index in [1.54, 1.807) is 0 Å². The van der Waals surface area contributed by atoms with Crippen LogP contribution in [0.2, 0.25) is 0 Å². The number of benzene rings is 9. The maximum atomic E-state index is 6.34. The number of rotatable bonds is 3. The first-order valence-corrected chi connectivity index (χ1v) is 18.5. The molecule has 1 heterocycles. The van der Waals surface area contributed by atoms with Crippen LogP contribution in [-0.4, -0.2) is 0 Å². The predicted molar refractivity (Wildman–Crippen MR) is 232 cm³/mol. The van der Waals surface area contributed by atoms with Gasteiger partial charge in [0.05, 0.1) is 0 Å². The van der Waals surface area contributed by atoms with Crippen LogP contribution in [0.4, 0.5) is 0 Å². The summed E-state index contributed by atoms with van der Waals surface area (Å²) in [6.45, 7) is 8.00. The first-order chi connectivity index (χ1) is 26.1. The summed E-state index contributed by atoms with van der Waals surface area (Å²) < 4.78 is 6.34. The summed E-state index contributed by atoms with van der Waals surface area (Å²) >= 11 is 0. The molecule has 53 heavy (non-hydrogen) atoms. The third kappa shape index (κ3) is 6.05. The van der Waals surface area contributed by atoms with Gasteiger partial charge in [-0.3, -0.25) is 0 Å². The number of hydrogen-bond acceptors (Lipinski definition) is 1. The lowest BCUT2D eigenvalue weighted by Crippen LogP contribution is -1.90. The highest BCUT2D eigenvalue weighted by molar-refractivity contribution is 6.28. The van der Waals surface area contributed by atoms with Crippen molar-refractivity contribution in [1.29, 1.82) is 0 Å². The van der Waals surface area contributed by atoms with Gasteiger partial charge >= 0.3 is 0 Å². The quantitative estimate of drug-likeness (QED) is 0.134. The van der Waals surface area contributed by atoms with E-state index in [0.717, 1.165) is 33.1 Å². The Labute approximate surface area is 311 Å². The van der Waals surface area contributed by atoms with Gasteiger partial charge in [0.1, 0.15) is 11.2 Å². The van der Waals surface area contributed by atoms with Gasteiger partial charge in [0, 0.05) is 16.3 Å². The van der Waals surface area contributed by atoms with Gasteiger partial charge in [0.15, 0.2) is 0 Å². The molecule has 1 heteroatoms. The van der Waals surface area contributed by atoms with E-state index in [2.05, 4.69) is 146 Å². The third-order valence-corrected chi connectivity index (χ3v) is 10.3. The summed E-state index contributed by atoms with van der Waals surface area (Å²) in [6.07, 6.45) is 8.00. The predicted octanol–water partition coefficient (Wildman–Crippen LogP) is 15.8. The summed E-state index contributed by atoms with van der Waals surface area (Å²) in [4.78, 5) is 0. The minimum atomic E-state index is 0.925. The highest BCUT2D eigenvalue weighted by atomic mass is 16.3. The molecule has 0 N–H and O–H groups in total. The molecule has 0 fully saturated rings. The van der Waals surface area contributed by atoms with Crippen LogP contribution in [0.5, 0.6) is 0 Å². The summed E-state index contributed by atoms with van der Waals surface area (Å²) in [6, 6.07) is 57.3. The van der Waals surface area contributed by atoms with Gasteiger partial charge in [-0.2, -0.15) is 0 Å². The second-order valence-electron chi connectivity index (χ2n) is 13.4. The fraction of sp³-hybridized carbons (Fsp3) is 0.0769. The number of hydrogen-bond donors (Lipinski definition) is 0. The van der Waals surface area contributed by atoms with Crippen molar-refractivity contribution >= 4 is 65.0 Å². The molecule has 0 radical (unpaired) electrons. The van der Waals surface area contributed by atoms with Crippen LogP contribution >= 0.6 is 0 Å². The molecular formula is C52H42O. The molecule has 0 aliphatic heterocycles. The number of furan rings is 1. The van der Waals surface area contributed by atoms with Gasteiger partial charge in [-0.25, -0.2) is 0 Å². The Hall–Kier alpha value is -6.44. The van der Waals surface area contributed by atoms with Crippen molar-refractivity contribution in [1.82, 2.24) is 0 Å². The topological polar surface area (TPSA) is 13.1 Å². The van der Waals surface area contributed by atoms with Crippen molar-refractivity contribution in [2.45, 2.75) is 27.7 Å². The van der Waals surface area contributed by atoms with Gasteiger partial charge < -0.3 is 4.42 Å². The smallest absolute Gasteiger partial charge is 0.143 e. The van der Waals surface area contributed by atoms with E-state index in [-0.39, 0.29) is 0 Å². The molecule has 0 amide bonds. The third-order valence-electron chi connectivity index (χ3n) is 10.3. The first kappa shape index (κ1) is 33.7. The molecule has 0 aliphatic rings. The summed E-state index contributed by atoms with van der Waals surface area (Å²) in [5.74, 6) is 0. The molecule has 0 unspecified atom stereocenters. The Bertz CT molecular complexity index is 2890. The molecular weight excluding hydrogens is 641 g/mol. The van der Waals surface area contributed by atoms with E-state index in [9.17, 15) is 0 Å². The molecule has 1 aromatic heterocycles. The number of para-hydroxylation sites is 2. The van der Waals surface area contributed by atoms with E-state index in [4.69, 9.17) is 4.42 Å². The average Bonchev–Trinajstić information content (AvgIpc) is 3.62. The van der Waals surface area contributed by atoms with Gasteiger partial charge in [0.25, 0.3) is 0 Å². The van der Waals surface area contributed by atoms with E-state index in [1.807, 2.05) is 64.1 Å². The SMILES string of the molecule is C/C=C\C.C/C=C\C.c1ccc2c(-c3ccc4ccc5c(-c6ccc(-c7cccc8c7oc7ccccc78)cc6)ccc6ccc3c4c65)cccc2c1. The molecule has 1 nitrogen and oxygen atoms in total. The molecule has 256 valence electrons. The Morgan fingerprint density at radius 1 is 0.321 bits per heavy atom. The molecule has 10 aromatic rings.